The molecule has 2 rings (SSSR count). The van der Waals surface area contributed by atoms with Crippen LogP contribution in [0.25, 0.3) is 0 Å². The van der Waals surface area contributed by atoms with Crippen molar-refractivity contribution < 1.29 is 10.0 Å². The summed E-state index contributed by atoms with van der Waals surface area (Å²) < 4.78 is 0. The number of carbonyl (C=O) groups is 1. The van der Waals surface area contributed by atoms with Gasteiger partial charge in [0.2, 0.25) is 5.91 Å². The zero-order chi connectivity index (χ0) is 14.6. The van der Waals surface area contributed by atoms with Gasteiger partial charge >= 0.3 is 0 Å². The highest BCUT2D eigenvalue weighted by atomic mass is 16.4. The van der Waals surface area contributed by atoms with Gasteiger partial charge < -0.3 is 16.3 Å². The lowest BCUT2D eigenvalue weighted by Gasteiger charge is -2.40. The van der Waals surface area contributed by atoms with Crippen LogP contribution in [0.5, 0.6) is 0 Å². The molecule has 2 saturated carbocycles. The fraction of sp³-hybridized carbons (Fsp3) is 0.867. The number of hydrogen-bond acceptors (Lipinski definition) is 3. The molecule has 1 amide bonds. The Morgan fingerprint density at radius 1 is 1.15 bits per heavy atom. The second-order valence-corrected chi connectivity index (χ2v) is 6.42. The first kappa shape index (κ1) is 15.1. The van der Waals surface area contributed by atoms with Crippen LogP contribution in [0.15, 0.2) is 5.16 Å². The highest BCUT2D eigenvalue weighted by Gasteiger charge is 2.45. The summed E-state index contributed by atoms with van der Waals surface area (Å²) in [5, 5.41) is 15.4. The fourth-order valence-corrected chi connectivity index (χ4v) is 3.84. The Morgan fingerprint density at radius 3 is 2.20 bits per heavy atom. The minimum Gasteiger partial charge on any atom is -0.409 e. The SMILES string of the molecule is CCC1(C(=O)NC2(C(N)=NO)CCCCC2)CCCC1. The summed E-state index contributed by atoms with van der Waals surface area (Å²) >= 11 is 0. The van der Waals surface area contributed by atoms with Crippen molar-refractivity contribution >= 4 is 11.7 Å². The largest absolute Gasteiger partial charge is 0.409 e. The number of oxime groups is 1. The van der Waals surface area contributed by atoms with Gasteiger partial charge in [-0.2, -0.15) is 0 Å². The molecule has 0 radical (unpaired) electrons. The Labute approximate surface area is 121 Å². The number of nitrogens with one attached hydrogen (secondary N) is 1. The van der Waals surface area contributed by atoms with Crippen LogP contribution in [0.1, 0.15) is 71.1 Å². The standard InChI is InChI=1S/C15H27N3O2/c1-2-14(8-6-7-9-14)13(19)17-15(12(16)18-20)10-4-3-5-11-15/h20H,2-11H2,1H3,(H2,16,18)(H,17,19). The van der Waals surface area contributed by atoms with Crippen LogP contribution in [0.3, 0.4) is 0 Å². The second-order valence-electron chi connectivity index (χ2n) is 6.42. The van der Waals surface area contributed by atoms with Gasteiger partial charge in [-0.1, -0.05) is 44.2 Å². The zero-order valence-electron chi connectivity index (χ0n) is 12.5. The van der Waals surface area contributed by atoms with Crippen LogP contribution in [-0.4, -0.2) is 22.5 Å². The molecule has 0 atom stereocenters. The highest BCUT2D eigenvalue weighted by molar-refractivity contribution is 5.95. The molecular weight excluding hydrogens is 254 g/mol. The number of amidine groups is 1. The molecule has 0 aliphatic heterocycles. The molecule has 2 fully saturated rings. The Hall–Kier alpha value is -1.26. The van der Waals surface area contributed by atoms with E-state index >= 15 is 0 Å². The molecule has 0 aromatic carbocycles. The average molecular weight is 281 g/mol. The van der Waals surface area contributed by atoms with Crippen LogP contribution < -0.4 is 11.1 Å². The van der Waals surface area contributed by atoms with Crippen molar-refractivity contribution in [1.82, 2.24) is 5.32 Å². The normalized spacial score (nSPS) is 25.4. The average Bonchev–Trinajstić information content (AvgIpc) is 2.97. The van der Waals surface area contributed by atoms with E-state index in [1.54, 1.807) is 0 Å². The van der Waals surface area contributed by atoms with Gasteiger partial charge in [-0.25, -0.2) is 0 Å². The van der Waals surface area contributed by atoms with Crippen LogP contribution in [-0.2, 0) is 4.79 Å². The van der Waals surface area contributed by atoms with Crippen molar-refractivity contribution in [3.8, 4) is 0 Å². The molecule has 0 bridgehead atoms. The number of carbonyl (C=O) groups excluding carboxylic acids is 1. The van der Waals surface area contributed by atoms with Gasteiger partial charge in [0.15, 0.2) is 5.84 Å². The summed E-state index contributed by atoms with van der Waals surface area (Å²) in [6.45, 7) is 2.09. The fourth-order valence-electron chi connectivity index (χ4n) is 3.84. The van der Waals surface area contributed by atoms with E-state index in [2.05, 4.69) is 17.4 Å². The van der Waals surface area contributed by atoms with Crippen molar-refractivity contribution in [2.24, 2.45) is 16.3 Å². The van der Waals surface area contributed by atoms with E-state index in [0.717, 1.165) is 64.2 Å². The van der Waals surface area contributed by atoms with Crippen LogP contribution in [0.4, 0.5) is 0 Å². The smallest absolute Gasteiger partial charge is 0.227 e. The lowest BCUT2D eigenvalue weighted by Crippen LogP contribution is -2.61. The van der Waals surface area contributed by atoms with E-state index < -0.39 is 5.54 Å². The van der Waals surface area contributed by atoms with Crippen LogP contribution in [0.2, 0.25) is 0 Å². The number of nitrogens with zero attached hydrogens (tertiary/aromatic N) is 1. The van der Waals surface area contributed by atoms with E-state index in [4.69, 9.17) is 10.9 Å². The van der Waals surface area contributed by atoms with Gasteiger partial charge in [0, 0.05) is 5.41 Å². The molecule has 5 heteroatoms. The van der Waals surface area contributed by atoms with Gasteiger partial charge in [-0.15, -0.1) is 0 Å². The Morgan fingerprint density at radius 2 is 1.70 bits per heavy atom. The number of nitrogens with two attached hydrogens (primary N) is 1. The van der Waals surface area contributed by atoms with E-state index in [-0.39, 0.29) is 17.2 Å². The number of hydrogen-bond donors (Lipinski definition) is 3. The summed E-state index contributed by atoms with van der Waals surface area (Å²) in [4.78, 5) is 12.8. The third kappa shape index (κ3) is 2.63. The molecule has 20 heavy (non-hydrogen) atoms. The Balaban J connectivity index is 2.17. The molecule has 0 spiro atoms. The summed E-state index contributed by atoms with van der Waals surface area (Å²) in [5.41, 5.74) is 5.03. The number of amides is 1. The molecule has 0 aromatic heterocycles. The molecule has 0 unspecified atom stereocenters. The molecule has 2 aliphatic rings. The van der Waals surface area contributed by atoms with Crippen molar-refractivity contribution in [3.05, 3.63) is 0 Å². The lowest BCUT2D eigenvalue weighted by molar-refractivity contribution is -0.132. The monoisotopic (exact) mass is 281 g/mol. The van der Waals surface area contributed by atoms with Gasteiger partial charge in [0.05, 0.1) is 0 Å². The van der Waals surface area contributed by atoms with Gasteiger partial charge in [0.1, 0.15) is 5.54 Å². The second kappa shape index (κ2) is 6.02. The molecule has 0 aromatic rings. The van der Waals surface area contributed by atoms with E-state index in [1.165, 1.54) is 0 Å². The molecule has 5 nitrogen and oxygen atoms in total. The maximum atomic E-state index is 12.8. The summed E-state index contributed by atoms with van der Waals surface area (Å²) in [7, 11) is 0. The number of rotatable bonds is 4. The minimum absolute atomic E-state index is 0.103. The summed E-state index contributed by atoms with van der Waals surface area (Å²) in [6.07, 6.45) is 9.74. The Kier molecular flexibility index (Phi) is 4.55. The highest BCUT2D eigenvalue weighted by Crippen LogP contribution is 2.42. The first-order chi connectivity index (χ1) is 9.58. The first-order valence-corrected chi connectivity index (χ1v) is 7.89. The predicted molar refractivity (Wildman–Crippen MR) is 78.6 cm³/mol. The molecule has 2 aliphatic carbocycles. The molecule has 114 valence electrons. The van der Waals surface area contributed by atoms with Crippen molar-refractivity contribution in [1.29, 1.82) is 0 Å². The summed E-state index contributed by atoms with van der Waals surface area (Å²) in [5.74, 6) is 0.265. The molecule has 0 heterocycles. The maximum absolute atomic E-state index is 12.8. The minimum atomic E-state index is -0.630. The topological polar surface area (TPSA) is 87.7 Å². The first-order valence-electron chi connectivity index (χ1n) is 7.89. The molecule has 0 saturated heterocycles. The van der Waals surface area contributed by atoms with Gasteiger partial charge in [-0.05, 0) is 32.1 Å². The predicted octanol–water partition coefficient (Wildman–Crippen LogP) is 2.52. The van der Waals surface area contributed by atoms with Crippen molar-refractivity contribution in [3.63, 3.8) is 0 Å². The molecular formula is C15H27N3O2. The third-order valence-corrected chi connectivity index (χ3v) is 5.38. The van der Waals surface area contributed by atoms with E-state index in [1.807, 2.05) is 0 Å². The Bertz CT molecular complexity index is 381. The molecule has 4 N–H and O–H groups in total. The van der Waals surface area contributed by atoms with Crippen molar-refractivity contribution in [2.45, 2.75) is 76.7 Å². The van der Waals surface area contributed by atoms with Crippen LogP contribution >= 0.6 is 0 Å². The quantitative estimate of drug-likeness (QED) is 0.320. The lowest BCUT2D eigenvalue weighted by atomic mass is 9.77. The maximum Gasteiger partial charge on any atom is 0.227 e. The summed E-state index contributed by atoms with van der Waals surface area (Å²) in [6, 6.07) is 0. The van der Waals surface area contributed by atoms with Crippen molar-refractivity contribution in [2.75, 3.05) is 0 Å². The van der Waals surface area contributed by atoms with E-state index in [9.17, 15) is 4.79 Å². The van der Waals surface area contributed by atoms with Crippen LogP contribution in [0, 0.1) is 5.41 Å². The van der Waals surface area contributed by atoms with E-state index in [0.29, 0.717) is 0 Å². The van der Waals surface area contributed by atoms with Gasteiger partial charge in [-0.3, -0.25) is 4.79 Å². The zero-order valence-corrected chi connectivity index (χ0v) is 12.5. The van der Waals surface area contributed by atoms with Gasteiger partial charge in [0.25, 0.3) is 0 Å². The third-order valence-electron chi connectivity index (χ3n) is 5.38.